The molecule has 1 aromatic heterocycles. The van der Waals surface area contributed by atoms with Crippen LogP contribution in [0.3, 0.4) is 0 Å². The molecule has 3 aromatic rings. The van der Waals surface area contributed by atoms with Crippen LogP contribution in [0.15, 0.2) is 47.4 Å². The van der Waals surface area contributed by atoms with Gasteiger partial charge in [0.25, 0.3) is 0 Å². The van der Waals surface area contributed by atoms with Crippen molar-refractivity contribution in [3.63, 3.8) is 0 Å². The van der Waals surface area contributed by atoms with E-state index in [-0.39, 0.29) is 0 Å². The van der Waals surface area contributed by atoms with Crippen molar-refractivity contribution in [3.8, 4) is 5.75 Å². The fraction of sp³-hybridized carbons (Fsp3) is 0.263. The molecule has 0 spiro atoms. The predicted molar refractivity (Wildman–Crippen MR) is 97.3 cm³/mol. The number of nitrogens with zero attached hydrogens (tertiary/aromatic N) is 1. The molecule has 0 unspecified atom stereocenters. The number of fused-ring (bicyclic) bond motifs is 3. The van der Waals surface area contributed by atoms with Crippen molar-refractivity contribution in [2.45, 2.75) is 24.8 Å². The van der Waals surface area contributed by atoms with E-state index in [0.717, 1.165) is 16.8 Å². The predicted octanol–water partition coefficient (Wildman–Crippen LogP) is 3.23. The van der Waals surface area contributed by atoms with E-state index >= 15 is 0 Å². The van der Waals surface area contributed by atoms with Crippen molar-refractivity contribution < 1.29 is 13.2 Å². The molecule has 5 nitrogen and oxygen atoms in total. The molecule has 130 valence electrons. The van der Waals surface area contributed by atoms with E-state index in [2.05, 4.69) is 11.1 Å². The Balaban J connectivity index is 1.69. The van der Waals surface area contributed by atoms with E-state index in [1.165, 1.54) is 10.9 Å². The Hall–Kier alpha value is -2.31. The lowest BCUT2D eigenvalue weighted by Gasteiger charge is -2.26. The molecule has 0 saturated heterocycles. The summed E-state index contributed by atoms with van der Waals surface area (Å²) in [5.74, 6) is 0.690. The fourth-order valence-corrected chi connectivity index (χ4v) is 5.03. The van der Waals surface area contributed by atoms with Crippen LogP contribution in [-0.2, 0) is 23.0 Å². The monoisotopic (exact) mass is 356 g/mol. The van der Waals surface area contributed by atoms with Gasteiger partial charge in [0.1, 0.15) is 5.75 Å². The van der Waals surface area contributed by atoms with Crippen LogP contribution < -0.4 is 4.74 Å². The number of para-hydroxylation sites is 1. The van der Waals surface area contributed by atoms with Gasteiger partial charge in [-0.25, -0.2) is 8.42 Å². The molecule has 4 rings (SSSR count). The number of aryl methyl sites for hydroxylation is 1. The molecule has 0 radical (unpaired) electrons. The van der Waals surface area contributed by atoms with Crippen molar-refractivity contribution in [1.29, 1.82) is 0 Å². The lowest BCUT2D eigenvalue weighted by molar-refractivity contribution is 0.388. The van der Waals surface area contributed by atoms with Crippen LogP contribution in [0.25, 0.3) is 10.9 Å². The highest BCUT2D eigenvalue weighted by molar-refractivity contribution is 7.89. The molecular weight excluding hydrogens is 336 g/mol. The van der Waals surface area contributed by atoms with Gasteiger partial charge in [-0.15, -0.1) is 0 Å². The van der Waals surface area contributed by atoms with Crippen molar-refractivity contribution in [1.82, 2.24) is 9.29 Å². The SMILES string of the molecule is COc1ccc(S(=O)(=O)N2CCc3c([nH]c4ccccc34)C2)cc1C. The maximum atomic E-state index is 13.0. The molecule has 0 bridgehead atoms. The summed E-state index contributed by atoms with van der Waals surface area (Å²) in [6, 6.07) is 13.1. The second-order valence-electron chi connectivity index (χ2n) is 6.35. The summed E-state index contributed by atoms with van der Waals surface area (Å²) in [6.07, 6.45) is 0.716. The standard InChI is InChI=1S/C19H20N2O3S/c1-13-11-14(7-8-19(13)24-2)25(22,23)21-10-9-16-15-5-3-4-6-17(15)20-18(16)12-21/h3-8,11,20H,9-10,12H2,1-2H3. The Labute approximate surface area is 147 Å². The first-order valence-corrected chi connectivity index (χ1v) is 9.68. The third-order valence-corrected chi connectivity index (χ3v) is 6.69. The lowest BCUT2D eigenvalue weighted by Crippen LogP contribution is -2.35. The number of ether oxygens (including phenoxy) is 1. The van der Waals surface area contributed by atoms with Crippen LogP contribution in [0.5, 0.6) is 5.75 Å². The zero-order valence-corrected chi connectivity index (χ0v) is 15.1. The third-order valence-electron chi connectivity index (χ3n) is 4.85. The van der Waals surface area contributed by atoms with Crippen molar-refractivity contribution in [3.05, 3.63) is 59.3 Å². The topological polar surface area (TPSA) is 62.4 Å². The molecule has 6 heteroatoms. The lowest BCUT2D eigenvalue weighted by atomic mass is 10.1. The van der Waals surface area contributed by atoms with Gasteiger partial charge >= 0.3 is 0 Å². The number of nitrogens with one attached hydrogen (secondary N) is 1. The van der Waals surface area contributed by atoms with Gasteiger partial charge in [-0.2, -0.15) is 4.31 Å². The molecule has 0 atom stereocenters. The van der Waals surface area contributed by atoms with E-state index in [1.807, 2.05) is 25.1 Å². The van der Waals surface area contributed by atoms with Crippen LogP contribution in [-0.4, -0.2) is 31.4 Å². The molecule has 0 amide bonds. The largest absolute Gasteiger partial charge is 0.496 e. The number of methoxy groups -OCH3 is 1. The molecule has 1 N–H and O–H groups in total. The number of hydrogen-bond acceptors (Lipinski definition) is 3. The quantitative estimate of drug-likeness (QED) is 0.784. The highest BCUT2D eigenvalue weighted by Gasteiger charge is 2.30. The minimum Gasteiger partial charge on any atom is -0.496 e. The van der Waals surface area contributed by atoms with Crippen molar-refractivity contribution in [2.75, 3.05) is 13.7 Å². The number of benzene rings is 2. The van der Waals surface area contributed by atoms with Gasteiger partial charge in [-0.05, 0) is 48.7 Å². The minimum atomic E-state index is -3.53. The van der Waals surface area contributed by atoms with Crippen LogP contribution >= 0.6 is 0 Å². The Bertz CT molecular complexity index is 1050. The summed E-state index contributed by atoms with van der Waals surface area (Å²) in [6.45, 7) is 2.71. The van der Waals surface area contributed by atoms with Crippen LogP contribution in [0.2, 0.25) is 0 Å². The molecule has 0 aliphatic carbocycles. The first-order valence-electron chi connectivity index (χ1n) is 8.24. The molecule has 25 heavy (non-hydrogen) atoms. The minimum absolute atomic E-state index is 0.311. The molecule has 0 saturated carbocycles. The fourth-order valence-electron chi connectivity index (χ4n) is 3.53. The molecule has 1 aliphatic heterocycles. The summed E-state index contributed by atoms with van der Waals surface area (Å²) in [7, 11) is -1.95. The average molecular weight is 356 g/mol. The van der Waals surface area contributed by atoms with Crippen LogP contribution in [0.4, 0.5) is 0 Å². The third kappa shape index (κ3) is 2.62. The Morgan fingerprint density at radius 3 is 2.72 bits per heavy atom. The van der Waals surface area contributed by atoms with Gasteiger partial charge in [-0.1, -0.05) is 18.2 Å². The smallest absolute Gasteiger partial charge is 0.243 e. The van der Waals surface area contributed by atoms with Crippen LogP contribution in [0.1, 0.15) is 16.8 Å². The van der Waals surface area contributed by atoms with Crippen LogP contribution in [0, 0.1) is 6.92 Å². The number of hydrogen-bond donors (Lipinski definition) is 1. The second kappa shape index (κ2) is 5.89. The van der Waals surface area contributed by atoms with Crippen molar-refractivity contribution >= 4 is 20.9 Å². The number of aromatic nitrogens is 1. The number of H-pyrrole nitrogens is 1. The maximum Gasteiger partial charge on any atom is 0.243 e. The molecular formula is C19H20N2O3S. The zero-order chi connectivity index (χ0) is 17.6. The van der Waals surface area contributed by atoms with E-state index in [0.29, 0.717) is 30.2 Å². The summed E-state index contributed by atoms with van der Waals surface area (Å²) in [5.41, 5.74) is 4.09. The maximum absolute atomic E-state index is 13.0. The van der Waals surface area contributed by atoms with Gasteiger partial charge < -0.3 is 9.72 Å². The van der Waals surface area contributed by atoms with E-state index in [1.54, 1.807) is 29.6 Å². The van der Waals surface area contributed by atoms with Gasteiger partial charge in [0, 0.05) is 23.1 Å². The molecule has 1 aliphatic rings. The summed E-state index contributed by atoms with van der Waals surface area (Å²) in [5, 5.41) is 1.19. The normalized spacial score (nSPS) is 15.3. The van der Waals surface area contributed by atoms with Gasteiger partial charge in [0.15, 0.2) is 0 Å². The summed E-state index contributed by atoms with van der Waals surface area (Å²) >= 11 is 0. The van der Waals surface area contributed by atoms with E-state index in [9.17, 15) is 8.42 Å². The van der Waals surface area contributed by atoms with E-state index in [4.69, 9.17) is 4.74 Å². The number of rotatable bonds is 3. The second-order valence-corrected chi connectivity index (χ2v) is 8.29. The summed E-state index contributed by atoms with van der Waals surface area (Å²) in [4.78, 5) is 3.68. The molecule has 0 fully saturated rings. The molecule has 2 heterocycles. The first kappa shape index (κ1) is 16.2. The highest BCUT2D eigenvalue weighted by Crippen LogP contribution is 2.31. The highest BCUT2D eigenvalue weighted by atomic mass is 32.2. The Morgan fingerprint density at radius 1 is 1.16 bits per heavy atom. The van der Waals surface area contributed by atoms with Gasteiger partial charge in [0.05, 0.1) is 18.6 Å². The van der Waals surface area contributed by atoms with Crippen molar-refractivity contribution in [2.24, 2.45) is 0 Å². The van der Waals surface area contributed by atoms with E-state index < -0.39 is 10.0 Å². The zero-order valence-electron chi connectivity index (χ0n) is 14.2. The Morgan fingerprint density at radius 2 is 1.96 bits per heavy atom. The average Bonchev–Trinajstić information content (AvgIpc) is 2.99. The Kier molecular flexibility index (Phi) is 3.81. The van der Waals surface area contributed by atoms with Gasteiger partial charge in [-0.3, -0.25) is 0 Å². The first-order chi connectivity index (χ1) is 12.0. The van der Waals surface area contributed by atoms with Gasteiger partial charge in [0.2, 0.25) is 10.0 Å². The number of sulfonamides is 1. The number of aromatic amines is 1. The molecule has 2 aromatic carbocycles. The summed E-state index contributed by atoms with van der Waals surface area (Å²) < 4.78 is 32.8.